The van der Waals surface area contributed by atoms with Crippen LogP contribution in [0.4, 0.5) is 29.2 Å². The van der Waals surface area contributed by atoms with E-state index in [0.29, 0.717) is 6.20 Å². The van der Waals surface area contributed by atoms with E-state index in [-0.39, 0.29) is 49.7 Å². The predicted octanol–water partition coefficient (Wildman–Crippen LogP) is 2.21. The molecule has 0 saturated carbocycles. The van der Waals surface area contributed by atoms with Crippen LogP contribution in [0.25, 0.3) is 0 Å². The summed E-state index contributed by atoms with van der Waals surface area (Å²) in [5.41, 5.74) is 4.72. The second kappa shape index (κ2) is 8.19. The SMILES string of the molecule is C[C@H](N)COc1ccnc(N2CCN(c3ccc(C(F)(F)F)cn3)CC2=O)c1F. The number of halogens is 4. The van der Waals surface area contributed by atoms with Crippen LogP contribution in [0.2, 0.25) is 0 Å². The molecule has 0 radical (unpaired) electrons. The zero-order valence-corrected chi connectivity index (χ0v) is 15.5. The molecule has 1 aliphatic rings. The summed E-state index contributed by atoms with van der Waals surface area (Å²) >= 11 is 0. The van der Waals surface area contributed by atoms with Gasteiger partial charge in [0.15, 0.2) is 11.6 Å². The minimum Gasteiger partial charge on any atom is -0.489 e. The Morgan fingerprint density at radius 2 is 2.00 bits per heavy atom. The molecule has 11 heteroatoms. The number of piperazine rings is 1. The molecule has 3 heterocycles. The second-order valence-electron chi connectivity index (χ2n) is 6.60. The number of amides is 1. The van der Waals surface area contributed by atoms with Gasteiger partial charge in [-0.1, -0.05) is 0 Å². The molecule has 1 saturated heterocycles. The Kier molecular flexibility index (Phi) is 5.87. The molecule has 2 aromatic rings. The number of hydrogen-bond donors (Lipinski definition) is 1. The summed E-state index contributed by atoms with van der Waals surface area (Å²) in [5.74, 6) is -1.24. The van der Waals surface area contributed by atoms with Crippen LogP contribution in [0.3, 0.4) is 0 Å². The predicted molar refractivity (Wildman–Crippen MR) is 97.1 cm³/mol. The van der Waals surface area contributed by atoms with E-state index in [0.717, 1.165) is 6.07 Å². The van der Waals surface area contributed by atoms with Crippen molar-refractivity contribution in [2.75, 3.05) is 36.0 Å². The van der Waals surface area contributed by atoms with E-state index in [4.69, 9.17) is 10.5 Å². The van der Waals surface area contributed by atoms with Gasteiger partial charge < -0.3 is 15.4 Å². The molecule has 0 aromatic carbocycles. The summed E-state index contributed by atoms with van der Waals surface area (Å²) in [6, 6.07) is 3.15. The minimum atomic E-state index is -4.49. The number of alkyl halides is 3. The number of nitrogens with two attached hydrogens (primary N) is 1. The lowest BCUT2D eigenvalue weighted by atomic mass is 10.2. The molecule has 7 nitrogen and oxygen atoms in total. The van der Waals surface area contributed by atoms with Gasteiger partial charge in [0, 0.05) is 37.6 Å². The average molecular weight is 413 g/mol. The third kappa shape index (κ3) is 4.73. The third-order valence-corrected chi connectivity index (χ3v) is 4.21. The van der Waals surface area contributed by atoms with Crippen molar-refractivity contribution >= 4 is 17.5 Å². The fraction of sp³-hybridized carbons (Fsp3) is 0.389. The maximum absolute atomic E-state index is 14.7. The van der Waals surface area contributed by atoms with Gasteiger partial charge in [0.2, 0.25) is 11.7 Å². The fourth-order valence-electron chi connectivity index (χ4n) is 2.77. The lowest BCUT2D eigenvalue weighted by Crippen LogP contribution is -2.51. The van der Waals surface area contributed by atoms with E-state index in [9.17, 15) is 22.4 Å². The molecule has 1 amide bonds. The Bertz CT molecular complexity index is 874. The van der Waals surface area contributed by atoms with Crippen LogP contribution < -0.4 is 20.3 Å². The lowest BCUT2D eigenvalue weighted by Gasteiger charge is -2.34. The highest BCUT2D eigenvalue weighted by atomic mass is 19.4. The third-order valence-electron chi connectivity index (χ3n) is 4.21. The molecule has 2 aromatic heterocycles. The van der Waals surface area contributed by atoms with Gasteiger partial charge in [-0.15, -0.1) is 0 Å². The smallest absolute Gasteiger partial charge is 0.417 e. The summed E-state index contributed by atoms with van der Waals surface area (Å²) in [6.45, 7) is 1.96. The quantitative estimate of drug-likeness (QED) is 0.757. The van der Waals surface area contributed by atoms with Crippen molar-refractivity contribution in [3.8, 4) is 5.75 Å². The first-order chi connectivity index (χ1) is 13.7. The molecule has 1 atom stereocenters. The van der Waals surface area contributed by atoms with Crippen LogP contribution in [0.5, 0.6) is 5.75 Å². The molecule has 1 fully saturated rings. The molecule has 0 spiro atoms. The molecule has 0 aliphatic carbocycles. The van der Waals surface area contributed by atoms with Crippen molar-refractivity contribution < 1.29 is 27.1 Å². The largest absolute Gasteiger partial charge is 0.489 e. The molecule has 156 valence electrons. The van der Waals surface area contributed by atoms with Gasteiger partial charge in [-0.2, -0.15) is 17.6 Å². The van der Waals surface area contributed by atoms with Gasteiger partial charge >= 0.3 is 6.18 Å². The molecule has 0 unspecified atom stereocenters. The summed E-state index contributed by atoms with van der Waals surface area (Å²) < 4.78 is 58.0. The first kappa shape index (κ1) is 20.8. The van der Waals surface area contributed by atoms with E-state index in [1.165, 1.54) is 28.1 Å². The maximum Gasteiger partial charge on any atom is 0.417 e. The van der Waals surface area contributed by atoms with E-state index in [1.54, 1.807) is 6.92 Å². The Morgan fingerprint density at radius 3 is 2.59 bits per heavy atom. The molecule has 0 bridgehead atoms. The summed E-state index contributed by atoms with van der Waals surface area (Å²) in [5, 5.41) is 0. The van der Waals surface area contributed by atoms with Crippen molar-refractivity contribution in [1.29, 1.82) is 0 Å². The normalized spacial score (nSPS) is 16.1. The number of carbonyl (C=O) groups is 1. The molecule has 2 N–H and O–H groups in total. The van der Waals surface area contributed by atoms with Gasteiger partial charge in [0.25, 0.3) is 0 Å². The van der Waals surface area contributed by atoms with E-state index >= 15 is 0 Å². The highest BCUT2D eigenvalue weighted by Gasteiger charge is 2.32. The average Bonchev–Trinajstić information content (AvgIpc) is 2.67. The van der Waals surface area contributed by atoms with Crippen LogP contribution in [0.15, 0.2) is 30.6 Å². The van der Waals surface area contributed by atoms with Crippen LogP contribution in [-0.2, 0) is 11.0 Å². The second-order valence-corrected chi connectivity index (χ2v) is 6.60. The molecule has 29 heavy (non-hydrogen) atoms. The van der Waals surface area contributed by atoms with Crippen LogP contribution in [0.1, 0.15) is 12.5 Å². The zero-order valence-electron chi connectivity index (χ0n) is 15.5. The lowest BCUT2D eigenvalue weighted by molar-refractivity contribution is -0.137. The molecular weight excluding hydrogens is 394 g/mol. The van der Waals surface area contributed by atoms with Crippen LogP contribution in [0, 0.1) is 5.82 Å². The van der Waals surface area contributed by atoms with Crippen molar-refractivity contribution in [3.63, 3.8) is 0 Å². The zero-order chi connectivity index (χ0) is 21.2. The number of aromatic nitrogens is 2. The number of ether oxygens (including phenoxy) is 1. The van der Waals surface area contributed by atoms with E-state index in [2.05, 4.69) is 9.97 Å². The Labute approximate surface area is 164 Å². The van der Waals surface area contributed by atoms with Crippen molar-refractivity contribution in [2.45, 2.75) is 19.1 Å². The van der Waals surface area contributed by atoms with Gasteiger partial charge in [-0.05, 0) is 19.1 Å². The Morgan fingerprint density at radius 1 is 1.24 bits per heavy atom. The van der Waals surface area contributed by atoms with Gasteiger partial charge in [0.1, 0.15) is 12.4 Å². The van der Waals surface area contributed by atoms with Crippen molar-refractivity contribution in [3.05, 3.63) is 42.0 Å². The standard InChI is InChI=1S/C18H19F4N5O2/c1-11(23)10-29-13-4-5-24-17(16(13)19)27-7-6-26(9-15(27)28)14-3-2-12(8-25-14)18(20,21)22/h2-5,8,11H,6-7,9-10,23H2,1H3/t11-/m0/s1. The Balaban J connectivity index is 1.72. The van der Waals surface area contributed by atoms with Gasteiger partial charge in [-0.25, -0.2) is 9.97 Å². The first-order valence-electron chi connectivity index (χ1n) is 8.78. The van der Waals surface area contributed by atoms with Crippen molar-refractivity contribution in [2.24, 2.45) is 5.73 Å². The summed E-state index contributed by atoms with van der Waals surface area (Å²) in [7, 11) is 0. The summed E-state index contributed by atoms with van der Waals surface area (Å²) in [6.07, 6.45) is -2.45. The van der Waals surface area contributed by atoms with E-state index < -0.39 is 23.5 Å². The van der Waals surface area contributed by atoms with E-state index in [1.807, 2.05) is 0 Å². The minimum absolute atomic E-state index is 0.0630. The Hall–Kier alpha value is -2.95. The van der Waals surface area contributed by atoms with Gasteiger partial charge in [0.05, 0.1) is 12.1 Å². The fourth-order valence-corrected chi connectivity index (χ4v) is 2.77. The maximum atomic E-state index is 14.7. The topological polar surface area (TPSA) is 84.6 Å². The van der Waals surface area contributed by atoms with Gasteiger partial charge in [-0.3, -0.25) is 9.69 Å². The molecule has 1 aliphatic heterocycles. The first-order valence-corrected chi connectivity index (χ1v) is 8.78. The highest BCUT2D eigenvalue weighted by molar-refractivity contribution is 5.97. The van der Waals surface area contributed by atoms with Crippen LogP contribution in [-0.4, -0.2) is 48.2 Å². The van der Waals surface area contributed by atoms with Crippen LogP contribution >= 0.6 is 0 Å². The number of pyridine rings is 2. The monoisotopic (exact) mass is 413 g/mol. The number of anilines is 2. The van der Waals surface area contributed by atoms with Crippen molar-refractivity contribution in [1.82, 2.24) is 9.97 Å². The number of rotatable bonds is 5. The molecule has 3 rings (SSSR count). The number of hydrogen-bond acceptors (Lipinski definition) is 6. The number of nitrogens with zero attached hydrogens (tertiary/aromatic N) is 4. The molecular formula is C18H19F4N5O2. The highest BCUT2D eigenvalue weighted by Crippen LogP contribution is 2.30. The summed E-state index contributed by atoms with van der Waals surface area (Å²) in [4.78, 5) is 23.0. The number of carbonyl (C=O) groups excluding carboxylic acids is 1.